The van der Waals surface area contributed by atoms with Gasteiger partial charge in [-0.3, -0.25) is 4.72 Å². The molecule has 0 unspecified atom stereocenters. The third-order valence-corrected chi connectivity index (χ3v) is 7.13. The van der Waals surface area contributed by atoms with Crippen molar-refractivity contribution in [2.75, 3.05) is 35.8 Å². The van der Waals surface area contributed by atoms with Crippen LogP contribution in [0.4, 0.5) is 11.4 Å². The highest BCUT2D eigenvalue weighted by Gasteiger charge is 2.19. The quantitative estimate of drug-likeness (QED) is 0.692. The number of hydrogen-bond donors (Lipinski definition) is 2. The van der Waals surface area contributed by atoms with E-state index in [2.05, 4.69) is 21.0 Å². The summed E-state index contributed by atoms with van der Waals surface area (Å²) in [7, 11) is -3.55. The molecule has 0 spiro atoms. The van der Waals surface area contributed by atoms with Crippen LogP contribution in [0.1, 0.15) is 0 Å². The van der Waals surface area contributed by atoms with Crippen molar-refractivity contribution < 1.29 is 8.42 Å². The third-order valence-electron chi connectivity index (χ3n) is 4.36. The van der Waals surface area contributed by atoms with E-state index in [1.54, 1.807) is 17.5 Å². The Morgan fingerprint density at radius 1 is 0.962 bits per heavy atom. The molecule has 1 fully saturated rings. The first-order valence-electron chi connectivity index (χ1n) is 8.19. The molecule has 2 N–H and O–H groups in total. The van der Waals surface area contributed by atoms with Gasteiger partial charge in [0.2, 0.25) is 0 Å². The zero-order chi connectivity index (χ0) is 17.3. The highest BCUT2D eigenvalue weighted by molar-refractivity contribution is 7.94. The fourth-order valence-electron chi connectivity index (χ4n) is 3.17. The van der Waals surface area contributed by atoms with E-state index in [0.29, 0.717) is 9.90 Å². The monoisotopic (exact) mass is 409 g/mol. The van der Waals surface area contributed by atoms with Crippen molar-refractivity contribution >= 4 is 55.9 Å². The summed E-state index contributed by atoms with van der Waals surface area (Å²) >= 11 is 1.21. The first-order chi connectivity index (χ1) is 12.1. The van der Waals surface area contributed by atoms with Gasteiger partial charge >= 0.3 is 0 Å². The van der Waals surface area contributed by atoms with Crippen molar-refractivity contribution in [1.29, 1.82) is 0 Å². The zero-order valence-electron chi connectivity index (χ0n) is 14.0. The molecule has 8 heteroatoms. The fourth-order valence-corrected chi connectivity index (χ4v) is 5.24. The number of hydrogen-bond acceptors (Lipinski definition) is 5. The molecule has 0 aliphatic carbocycles. The molecule has 1 aliphatic rings. The van der Waals surface area contributed by atoms with E-state index in [1.165, 1.54) is 11.3 Å². The number of anilines is 2. The zero-order valence-corrected chi connectivity index (χ0v) is 16.5. The molecule has 1 aliphatic heterocycles. The second-order valence-electron chi connectivity index (χ2n) is 5.95. The maximum absolute atomic E-state index is 12.6. The van der Waals surface area contributed by atoms with Gasteiger partial charge < -0.3 is 10.2 Å². The molecule has 1 aromatic heterocycles. The van der Waals surface area contributed by atoms with Crippen LogP contribution in [-0.4, -0.2) is 34.6 Å². The number of piperazine rings is 1. The van der Waals surface area contributed by atoms with E-state index in [0.717, 1.165) is 42.6 Å². The lowest BCUT2D eigenvalue weighted by Crippen LogP contribution is -2.43. The Balaban J connectivity index is 0.00000196. The number of halogens is 1. The van der Waals surface area contributed by atoms with Crippen LogP contribution in [0.2, 0.25) is 0 Å². The number of nitrogens with one attached hydrogen (secondary N) is 2. The van der Waals surface area contributed by atoms with Crippen LogP contribution in [0.3, 0.4) is 0 Å². The molecule has 3 aromatic rings. The van der Waals surface area contributed by atoms with Gasteiger partial charge in [-0.2, -0.15) is 0 Å². The molecular formula is C18H20ClN3O2S2. The molecule has 0 radical (unpaired) electrons. The first-order valence-corrected chi connectivity index (χ1v) is 10.6. The third kappa shape index (κ3) is 3.66. The lowest BCUT2D eigenvalue weighted by atomic mass is 10.1. The van der Waals surface area contributed by atoms with E-state index in [-0.39, 0.29) is 12.4 Å². The largest absolute Gasteiger partial charge is 0.368 e. The Kier molecular flexibility index (Phi) is 5.72. The first kappa shape index (κ1) is 19.0. The lowest BCUT2D eigenvalue weighted by Gasteiger charge is -2.30. The molecule has 4 rings (SSSR count). The van der Waals surface area contributed by atoms with Gasteiger partial charge in [-0.15, -0.1) is 23.7 Å². The maximum Gasteiger partial charge on any atom is 0.271 e. The Labute approximate surface area is 163 Å². The highest BCUT2D eigenvalue weighted by Crippen LogP contribution is 2.34. The molecule has 0 saturated carbocycles. The van der Waals surface area contributed by atoms with Crippen LogP contribution >= 0.6 is 23.7 Å². The van der Waals surface area contributed by atoms with Gasteiger partial charge in [0.25, 0.3) is 10.0 Å². The van der Waals surface area contributed by atoms with Gasteiger partial charge in [-0.25, -0.2) is 8.42 Å². The Morgan fingerprint density at radius 2 is 1.69 bits per heavy atom. The van der Waals surface area contributed by atoms with Crippen molar-refractivity contribution in [3.05, 3.63) is 53.9 Å². The summed E-state index contributed by atoms with van der Waals surface area (Å²) in [6.07, 6.45) is 0. The van der Waals surface area contributed by atoms with E-state index >= 15 is 0 Å². The summed E-state index contributed by atoms with van der Waals surface area (Å²) in [6.45, 7) is 3.82. The fraction of sp³-hybridized carbons (Fsp3) is 0.222. The highest BCUT2D eigenvalue weighted by atomic mass is 35.5. The minimum absolute atomic E-state index is 0. The minimum atomic E-state index is -3.55. The molecule has 0 atom stereocenters. The maximum atomic E-state index is 12.6. The molecule has 0 amide bonds. The average molecular weight is 410 g/mol. The van der Waals surface area contributed by atoms with Gasteiger partial charge in [-0.1, -0.05) is 30.3 Å². The molecule has 5 nitrogen and oxygen atoms in total. The summed E-state index contributed by atoms with van der Waals surface area (Å²) in [5, 5.41) is 7.10. The lowest BCUT2D eigenvalue weighted by molar-refractivity contribution is 0.590. The Morgan fingerprint density at radius 3 is 2.38 bits per heavy atom. The number of rotatable bonds is 4. The summed E-state index contributed by atoms with van der Waals surface area (Å²) in [5.74, 6) is 0. The number of fused-ring (bicyclic) bond motifs is 1. The summed E-state index contributed by atoms with van der Waals surface area (Å²) in [4.78, 5) is 2.34. The Hall–Kier alpha value is -1.80. The predicted molar refractivity (Wildman–Crippen MR) is 111 cm³/mol. The van der Waals surface area contributed by atoms with Crippen molar-refractivity contribution in [3.8, 4) is 0 Å². The van der Waals surface area contributed by atoms with Crippen LogP contribution in [0, 0.1) is 0 Å². The standard InChI is InChI=1S/C18H19N3O2S2.ClH/c22-25(23,18-6-3-13-24-18)20-16-7-8-17(21-11-9-19-10-12-21)15-5-2-1-4-14(15)16;/h1-8,13,19-20H,9-12H2;1H. The van der Waals surface area contributed by atoms with Gasteiger partial charge in [0.1, 0.15) is 4.21 Å². The topological polar surface area (TPSA) is 61.4 Å². The SMILES string of the molecule is Cl.O=S(=O)(Nc1ccc(N2CCNCC2)c2ccccc12)c1cccs1. The van der Waals surface area contributed by atoms with Crippen molar-refractivity contribution in [2.45, 2.75) is 4.21 Å². The van der Waals surface area contributed by atoms with Crippen molar-refractivity contribution in [2.24, 2.45) is 0 Å². The van der Waals surface area contributed by atoms with E-state index in [9.17, 15) is 8.42 Å². The van der Waals surface area contributed by atoms with Crippen molar-refractivity contribution in [1.82, 2.24) is 5.32 Å². The summed E-state index contributed by atoms with van der Waals surface area (Å²) in [6, 6.07) is 15.2. The molecular weight excluding hydrogens is 390 g/mol. The molecule has 138 valence electrons. The van der Waals surface area contributed by atoms with Gasteiger partial charge in [0, 0.05) is 42.6 Å². The van der Waals surface area contributed by atoms with Crippen LogP contribution in [0.5, 0.6) is 0 Å². The normalized spacial score (nSPS) is 14.8. The molecule has 1 saturated heterocycles. The Bertz CT molecular complexity index is 985. The minimum Gasteiger partial charge on any atom is -0.368 e. The van der Waals surface area contributed by atoms with Crippen LogP contribution in [-0.2, 0) is 10.0 Å². The van der Waals surface area contributed by atoms with Gasteiger partial charge in [0.05, 0.1) is 5.69 Å². The molecule has 2 heterocycles. The number of thiophene rings is 1. The number of sulfonamides is 1. The smallest absolute Gasteiger partial charge is 0.271 e. The predicted octanol–water partition coefficient (Wildman–Crippen LogP) is 3.53. The van der Waals surface area contributed by atoms with Crippen molar-refractivity contribution in [3.63, 3.8) is 0 Å². The second kappa shape index (κ2) is 7.84. The van der Waals surface area contributed by atoms with Gasteiger partial charge in [0.15, 0.2) is 0 Å². The molecule has 26 heavy (non-hydrogen) atoms. The second-order valence-corrected chi connectivity index (χ2v) is 8.81. The summed E-state index contributed by atoms with van der Waals surface area (Å²) in [5.41, 5.74) is 1.76. The summed E-state index contributed by atoms with van der Waals surface area (Å²) < 4.78 is 28.2. The van der Waals surface area contributed by atoms with E-state index in [4.69, 9.17) is 0 Å². The molecule has 2 aromatic carbocycles. The van der Waals surface area contributed by atoms with Crippen LogP contribution in [0.25, 0.3) is 10.8 Å². The average Bonchev–Trinajstić information content (AvgIpc) is 3.18. The number of benzene rings is 2. The van der Waals surface area contributed by atoms with E-state index < -0.39 is 10.0 Å². The number of nitrogens with zero attached hydrogens (tertiary/aromatic N) is 1. The van der Waals surface area contributed by atoms with Crippen LogP contribution < -0.4 is 14.9 Å². The molecule has 0 bridgehead atoms. The van der Waals surface area contributed by atoms with Gasteiger partial charge in [-0.05, 0) is 23.6 Å². The van der Waals surface area contributed by atoms with E-state index in [1.807, 2.05) is 30.3 Å². The van der Waals surface area contributed by atoms with Crippen LogP contribution in [0.15, 0.2) is 58.1 Å².